The first-order valence-electron chi connectivity index (χ1n) is 6.55. The summed E-state index contributed by atoms with van der Waals surface area (Å²) in [4.78, 5) is 0. The van der Waals surface area contributed by atoms with E-state index in [2.05, 4.69) is 13.8 Å². The molecule has 100 valence electrons. The van der Waals surface area contributed by atoms with Gasteiger partial charge in [-0.25, -0.2) is 4.39 Å². The lowest BCUT2D eigenvalue weighted by Gasteiger charge is -2.32. The van der Waals surface area contributed by atoms with Crippen LogP contribution in [0.5, 0.6) is 5.75 Å². The molecule has 1 aromatic rings. The number of methoxy groups -OCH3 is 1. The van der Waals surface area contributed by atoms with Gasteiger partial charge in [0.15, 0.2) is 11.6 Å². The van der Waals surface area contributed by atoms with E-state index in [4.69, 9.17) is 10.5 Å². The van der Waals surface area contributed by atoms with Crippen LogP contribution in [-0.2, 0) is 0 Å². The van der Waals surface area contributed by atoms with Crippen molar-refractivity contribution in [2.45, 2.75) is 39.2 Å². The first-order chi connectivity index (χ1) is 8.45. The Balaban J connectivity index is 2.23. The molecule has 2 nitrogen and oxygen atoms in total. The Morgan fingerprint density at radius 1 is 1.44 bits per heavy atom. The fourth-order valence-corrected chi connectivity index (χ4v) is 3.14. The Morgan fingerprint density at radius 3 is 2.67 bits per heavy atom. The molecule has 1 saturated carbocycles. The summed E-state index contributed by atoms with van der Waals surface area (Å²) >= 11 is 0. The molecule has 1 aromatic carbocycles. The zero-order chi connectivity index (χ0) is 13.3. The third kappa shape index (κ3) is 2.37. The third-order valence-electron chi connectivity index (χ3n) is 4.33. The number of hydrogen-bond acceptors (Lipinski definition) is 2. The molecule has 1 fully saturated rings. The number of nitrogens with two attached hydrogens (primary N) is 1. The zero-order valence-corrected chi connectivity index (χ0v) is 11.4. The van der Waals surface area contributed by atoms with Crippen LogP contribution in [0, 0.1) is 17.2 Å². The molecule has 1 aliphatic carbocycles. The van der Waals surface area contributed by atoms with E-state index >= 15 is 0 Å². The molecule has 0 amide bonds. The van der Waals surface area contributed by atoms with E-state index in [-0.39, 0.29) is 23.0 Å². The van der Waals surface area contributed by atoms with Crippen molar-refractivity contribution in [2.75, 3.05) is 7.11 Å². The van der Waals surface area contributed by atoms with E-state index < -0.39 is 0 Å². The number of benzene rings is 1. The van der Waals surface area contributed by atoms with E-state index in [0.29, 0.717) is 5.92 Å². The van der Waals surface area contributed by atoms with E-state index in [1.54, 1.807) is 6.07 Å². The van der Waals surface area contributed by atoms with Crippen molar-refractivity contribution in [3.8, 4) is 5.75 Å². The van der Waals surface area contributed by atoms with Crippen LogP contribution in [0.4, 0.5) is 4.39 Å². The van der Waals surface area contributed by atoms with Crippen LogP contribution in [-0.4, -0.2) is 7.11 Å². The van der Waals surface area contributed by atoms with E-state index in [1.165, 1.54) is 26.0 Å². The number of rotatable bonds is 3. The van der Waals surface area contributed by atoms with Gasteiger partial charge in [0.25, 0.3) is 0 Å². The van der Waals surface area contributed by atoms with Crippen molar-refractivity contribution in [1.29, 1.82) is 0 Å². The van der Waals surface area contributed by atoms with Crippen LogP contribution in [0.25, 0.3) is 0 Å². The topological polar surface area (TPSA) is 35.2 Å². The molecular formula is C15H22FNO. The molecule has 2 rings (SSSR count). The summed E-state index contributed by atoms with van der Waals surface area (Å²) in [7, 11) is 1.47. The first-order valence-corrected chi connectivity index (χ1v) is 6.55. The minimum absolute atomic E-state index is 0.0945. The Kier molecular flexibility index (Phi) is 3.62. The van der Waals surface area contributed by atoms with E-state index in [9.17, 15) is 4.39 Å². The van der Waals surface area contributed by atoms with Gasteiger partial charge in [-0.3, -0.25) is 0 Å². The average molecular weight is 251 g/mol. The van der Waals surface area contributed by atoms with Gasteiger partial charge in [-0.05, 0) is 41.9 Å². The molecule has 0 bridgehead atoms. The Bertz CT molecular complexity index is 431. The Morgan fingerprint density at radius 2 is 2.17 bits per heavy atom. The van der Waals surface area contributed by atoms with Crippen molar-refractivity contribution in [3.63, 3.8) is 0 Å². The summed E-state index contributed by atoms with van der Waals surface area (Å²) in [5.41, 5.74) is 7.44. The molecule has 0 spiro atoms. The predicted octanol–water partition coefficient (Wildman–Crippen LogP) is 3.66. The maximum atomic E-state index is 13.7. The van der Waals surface area contributed by atoms with E-state index in [0.717, 1.165) is 12.0 Å². The number of ether oxygens (including phenoxy) is 1. The van der Waals surface area contributed by atoms with Crippen LogP contribution < -0.4 is 10.5 Å². The maximum absolute atomic E-state index is 13.7. The van der Waals surface area contributed by atoms with Crippen molar-refractivity contribution >= 4 is 0 Å². The summed E-state index contributed by atoms with van der Waals surface area (Å²) in [6.45, 7) is 4.51. The highest BCUT2D eigenvalue weighted by atomic mass is 19.1. The average Bonchev–Trinajstić information content (AvgIpc) is 2.68. The summed E-state index contributed by atoms with van der Waals surface area (Å²) < 4.78 is 18.6. The highest BCUT2D eigenvalue weighted by Crippen LogP contribution is 2.48. The molecule has 1 aliphatic rings. The number of hydrogen-bond donors (Lipinski definition) is 1. The van der Waals surface area contributed by atoms with Crippen LogP contribution in [0.3, 0.4) is 0 Å². The summed E-state index contributed by atoms with van der Waals surface area (Å²) in [6.07, 6.45) is 3.54. The van der Waals surface area contributed by atoms with Crippen molar-refractivity contribution in [1.82, 2.24) is 0 Å². The van der Waals surface area contributed by atoms with Gasteiger partial charge in [0, 0.05) is 6.04 Å². The van der Waals surface area contributed by atoms with Gasteiger partial charge >= 0.3 is 0 Å². The lowest BCUT2D eigenvalue weighted by Crippen LogP contribution is -2.29. The summed E-state index contributed by atoms with van der Waals surface area (Å²) in [5.74, 6) is 0.364. The second-order valence-corrected chi connectivity index (χ2v) is 5.91. The molecule has 0 aromatic heterocycles. The minimum Gasteiger partial charge on any atom is -0.494 e. The molecule has 0 aliphatic heterocycles. The number of halogens is 1. The standard InChI is InChI=1S/C15H22FNO/c1-15(2)8-4-5-11(15)14(17)10-6-7-13(18-3)12(16)9-10/h6-7,9,11,14H,4-5,8,17H2,1-3H3. The molecule has 0 saturated heterocycles. The maximum Gasteiger partial charge on any atom is 0.165 e. The van der Waals surface area contributed by atoms with Gasteiger partial charge in [-0.1, -0.05) is 26.3 Å². The van der Waals surface area contributed by atoms with Gasteiger partial charge in [-0.2, -0.15) is 0 Å². The highest BCUT2D eigenvalue weighted by molar-refractivity contribution is 5.31. The van der Waals surface area contributed by atoms with Crippen LogP contribution in [0.15, 0.2) is 18.2 Å². The second-order valence-electron chi connectivity index (χ2n) is 5.91. The van der Waals surface area contributed by atoms with Crippen molar-refractivity contribution in [2.24, 2.45) is 17.1 Å². The van der Waals surface area contributed by atoms with Gasteiger partial charge in [-0.15, -0.1) is 0 Å². The fourth-order valence-electron chi connectivity index (χ4n) is 3.14. The highest BCUT2D eigenvalue weighted by Gasteiger charge is 2.38. The van der Waals surface area contributed by atoms with Crippen LogP contribution in [0.2, 0.25) is 0 Å². The van der Waals surface area contributed by atoms with Crippen LogP contribution in [0.1, 0.15) is 44.7 Å². The van der Waals surface area contributed by atoms with Crippen molar-refractivity contribution < 1.29 is 9.13 Å². The molecule has 0 radical (unpaired) electrons. The minimum atomic E-state index is -0.332. The lowest BCUT2D eigenvalue weighted by atomic mass is 9.76. The normalized spacial score (nSPS) is 23.9. The Labute approximate surface area is 108 Å². The van der Waals surface area contributed by atoms with Gasteiger partial charge < -0.3 is 10.5 Å². The van der Waals surface area contributed by atoms with Gasteiger partial charge in [0.05, 0.1) is 7.11 Å². The SMILES string of the molecule is COc1ccc(C(N)C2CCCC2(C)C)cc1F. The quantitative estimate of drug-likeness (QED) is 0.889. The monoisotopic (exact) mass is 251 g/mol. The Hall–Kier alpha value is -1.09. The summed E-state index contributed by atoms with van der Waals surface area (Å²) in [5, 5.41) is 0. The third-order valence-corrected chi connectivity index (χ3v) is 4.33. The molecule has 2 unspecified atom stereocenters. The van der Waals surface area contributed by atoms with Gasteiger partial charge in [0.2, 0.25) is 0 Å². The molecule has 2 atom stereocenters. The molecule has 0 heterocycles. The van der Waals surface area contributed by atoms with Crippen molar-refractivity contribution in [3.05, 3.63) is 29.6 Å². The molecule has 2 N–H and O–H groups in total. The largest absolute Gasteiger partial charge is 0.494 e. The molecule has 18 heavy (non-hydrogen) atoms. The molecule has 3 heteroatoms. The van der Waals surface area contributed by atoms with Gasteiger partial charge in [0.1, 0.15) is 0 Å². The smallest absolute Gasteiger partial charge is 0.165 e. The lowest BCUT2D eigenvalue weighted by molar-refractivity contribution is 0.222. The fraction of sp³-hybridized carbons (Fsp3) is 0.600. The zero-order valence-electron chi connectivity index (χ0n) is 11.4. The van der Waals surface area contributed by atoms with E-state index in [1.807, 2.05) is 6.07 Å². The molecular weight excluding hydrogens is 229 g/mol. The first kappa shape index (κ1) is 13.3. The predicted molar refractivity (Wildman–Crippen MR) is 71.0 cm³/mol. The summed E-state index contributed by atoms with van der Waals surface area (Å²) in [6, 6.07) is 4.95. The second kappa shape index (κ2) is 4.88. The van der Waals surface area contributed by atoms with Crippen LogP contribution >= 0.6 is 0 Å².